The van der Waals surface area contributed by atoms with Crippen molar-refractivity contribution in [1.82, 2.24) is 0 Å². The molecule has 0 aliphatic carbocycles. The molecule has 0 atom stereocenters. The number of ether oxygens (including phenoxy) is 1. The summed E-state index contributed by atoms with van der Waals surface area (Å²) in [4.78, 5) is 25.6. The van der Waals surface area contributed by atoms with E-state index in [0.717, 1.165) is 11.0 Å². The molecule has 2 aromatic rings. The zero-order valence-corrected chi connectivity index (χ0v) is 11.3. The maximum Gasteiger partial charge on any atom is 0.266 e. The van der Waals surface area contributed by atoms with Crippen LogP contribution in [-0.2, 0) is 0 Å². The Morgan fingerprint density at radius 1 is 1.00 bits per heavy atom. The molecule has 0 fully saturated rings. The van der Waals surface area contributed by atoms with Crippen LogP contribution < -0.4 is 9.64 Å². The van der Waals surface area contributed by atoms with Gasteiger partial charge in [-0.05, 0) is 49.4 Å². The van der Waals surface area contributed by atoms with E-state index in [4.69, 9.17) is 4.74 Å². The van der Waals surface area contributed by atoms with Gasteiger partial charge in [-0.3, -0.25) is 9.59 Å². The molecule has 5 heteroatoms. The number of carbonyl (C=O) groups excluding carboxylic acids is 2. The van der Waals surface area contributed by atoms with Gasteiger partial charge >= 0.3 is 0 Å². The number of hydrogen-bond donors (Lipinski definition) is 0. The monoisotopic (exact) mass is 285 g/mol. The number of amides is 2. The van der Waals surface area contributed by atoms with Crippen LogP contribution in [0.2, 0.25) is 0 Å². The number of rotatable bonds is 3. The molecule has 1 aliphatic heterocycles. The minimum atomic E-state index is -0.538. The maximum absolute atomic E-state index is 13.2. The van der Waals surface area contributed by atoms with Crippen LogP contribution in [0.25, 0.3) is 0 Å². The fourth-order valence-corrected chi connectivity index (χ4v) is 2.31. The van der Waals surface area contributed by atoms with Crippen molar-refractivity contribution in [3.63, 3.8) is 0 Å². The third-order valence-corrected chi connectivity index (χ3v) is 3.25. The first-order valence-corrected chi connectivity index (χ1v) is 6.53. The van der Waals surface area contributed by atoms with Crippen molar-refractivity contribution in [3.05, 3.63) is 59.4 Å². The SMILES string of the molecule is CCOc1ccc(N2C(=O)c3ccc(F)cc3C2=O)cc1. The van der Waals surface area contributed by atoms with Gasteiger partial charge in [0.05, 0.1) is 23.4 Å². The maximum atomic E-state index is 13.2. The number of carbonyl (C=O) groups is 2. The average Bonchev–Trinajstić information content (AvgIpc) is 2.72. The summed E-state index contributed by atoms with van der Waals surface area (Å²) in [7, 11) is 0. The Bertz CT molecular complexity index is 725. The lowest BCUT2D eigenvalue weighted by atomic mass is 10.1. The van der Waals surface area contributed by atoms with Crippen molar-refractivity contribution in [1.29, 1.82) is 0 Å². The number of imide groups is 1. The van der Waals surface area contributed by atoms with Gasteiger partial charge in [0.15, 0.2) is 0 Å². The quantitative estimate of drug-likeness (QED) is 0.814. The molecule has 0 aromatic heterocycles. The van der Waals surface area contributed by atoms with Crippen molar-refractivity contribution in [2.75, 3.05) is 11.5 Å². The Hall–Kier alpha value is -2.69. The fraction of sp³-hybridized carbons (Fsp3) is 0.125. The summed E-state index contributed by atoms with van der Waals surface area (Å²) in [5.41, 5.74) is 0.745. The summed E-state index contributed by atoms with van der Waals surface area (Å²) in [6, 6.07) is 10.2. The Morgan fingerprint density at radius 3 is 2.33 bits per heavy atom. The van der Waals surface area contributed by atoms with Crippen LogP contribution in [0.1, 0.15) is 27.6 Å². The number of anilines is 1. The van der Waals surface area contributed by atoms with Gasteiger partial charge in [0.2, 0.25) is 0 Å². The molecule has 0 bridgehead atoms. The van der Waals surface area contributed by atoms with E-state index in [-0.39, 0.29) is 11.1 Å². The molecular formula is C16H12FNO3. The molecule has 0 N–H and O–H groups in total. The molecule has 21 heavy (non-hydrogen) atoms. The molecule has 0 radical (unpaired) electrons. The van der Waals surface area contributed by atoms with Crippen molar-refractivity contribution in [3.8, 4) is 5.75 Å². The molecule has 4 nitrogen and oxygen atoms in total. The normalized spacial score (nSPS) is 13.5. The standard InChI is InChI=1S/C16H12FNO3/c1-2-21-12-6-4-11(5-7-12)18-15(19)13-8-3-10(17)9-14(13)16(18)20/h3-9H,2H2,1H3. The van der Waals surface area contributed by atoms with E-state index < -0.39 is 17.6 Å². The molecule has 3 rings (SSSR count). The second-order valence-electron chi connectivity index (χ2n) is 4.56. The highest BCUT2D eigenvalue weighted by molar-refractivity contribution is 6.34. The van der Waals surface area contributed by atoms with Gasteiger partial charge in [0, 0.05) is 0 Å². The van der Waals surface area contributed by atoms with Gasteiger partial charge in [-0.15, -0.1) is 0 Å². The Labute approximate surface area is 120 Å². The van der Waals surface area contributed by atoms with Crippen molar-refractivity contribution < 1.29 is 18.7 Å². The van der Waals surface area contributed by atoms with Gasteiger partial charge in [-0.1, -0.05) is 0 Å². The van der Waals surface area contributed by atoms with Crippen LogP contribution in [0.5, 0.6) is 5.75 Å². The molecule has 0 unspecified atom stereocenters. The van der Waals surface area contributed by atoms with Gasteiger partial charge in [0.25, 0.3) is 11.8 Å². The lowest BCUT2D eigenvalue weighted by molar-refractivity contribution is 0.0926. The minimum Gasteiger partial charge on any atom is -0.494 e. The minimum absolute atomic E-state index is 0.0916. The van der Waals surface area contributed by atoms with Crippen LogP contribution >= 0.6 is 0 Å². The average molecular weight is 285 g/mol. The molecule has 0 saturated carbocycles. The van der Waals surface area contributed by atoms with Gasteiger partial charge in [0.1, 0.15) is 11.6 Å². The molecular weight excluding hydrogens is 273 g/mol. The van der Waals surface area contributed by atoms with Crippen LogP contribution in [0.15, 0.2) is 42.5 Å². The molecule has 0 spiro atoms. The predicted octanol–water partition coefficient (Wildman–Crippen LogP) is 3.03. The van der Waals surface area contributed by atoms with E-state index in [1.165, 1.54) is 12.1 Å². The Morgan fingerprint density at radius 2 is 1.67 bits per heavy atom. The van der Waals surface area contributed by atoms with Crippen LogP contribution in [0.3, 0.4) is 0 Å². The number of hydrogen-bond acceptors (Lipinski definition) is 3. The first kappa shape index (κ1) is 13.3. The smallest absolute Gasteiger partial charge is 0.266 e. The van der Waals surface area contributed by atoms with Crippen molar-refractivity contribution >= 4 is 17.5 Å². The molecule has 2 aromatic carbocycles. The van der Waals surface area contributed by atoms with E-state index >= 15 is 0 Å². The highest BCUT2D eigenvalue weighted by atomic mass is 19.1. The van der Waals surface area contributed by atoms with E-state index in [1.807, 2.05) is 6.92 Å². The lowest BCUT2D eigenvalue weighted by Gasteiger charge is -2.14. The van der Waals surface area contributed by atoms with Crippen LogP contribution in [0, 0.1) is 5.82 Å². The van der Waals surface area contributed by atoms with E-state index in [1.54, 1.807) is 24.3 Å². The lowest BCUT2D eigenvalue weighted by Crippen LogP contribution is -2.29. The summed E-state index contributed by atoms with van der Waals surface area (Å²) < 4.78 is 18.5. The Balaban J connectivity index is 1.97. The Kier molecular flexibility index (Phi) is 3.17. The summed E-state index contributed by atoms with van der Waals surface area (Å²) in [5.74, 6) is -0.842. The summed E-state index contributed by atoms with van der Waals surface area (Å²) >= 11 is 0. The summed E-state index contributed by atoms with van der Waals surface area (Å²) in [6.07, 6.45) is 0. The third kappa shape index (κ3) is 2.16. The van der Waals surface area contributed by atoms with Crippen LogP contribution in [0.4, 0.5) is 10.1 Å². The summed E-state index contributed by atoms with van der Waals surface area (Å²) in [6.45, 7) is 2.40. The first-order valence-electron chi connectivity index (χ1n) is 6.53. The molecule has 1 heterocycles. The molecule has 1 aliphatic rings. The van der Waals surface area contributed by atoms with Gasteiger partial charge in [-0.25, -0.2) is 9.29 Å². The topological polar surface area (TPSA) is 46.6 Å². The molecule has 2 amide bonds. The number of nitrogens with zero attached hydrogens (tertiary/aromatic N) is 1. The summed E-state index contributed by atoms with van der Waals surface area (Å²) in [5, 5.41) is 0. The number of benzene rings is 2. The zero-order valence-electron chi connectivity index (χ0n) is 11.3. The van der Waals surface area contributed by atoms with Crippen molar-refractivity contribution in [2.24, 2.45) is 0 Å². The van der Waals surface area contributed by atoms with E-state index in [0.29, 0.717) is 18.0 Å². The first-order chi connectivity index (χ1) is 10.1. The van der Waals surface area contributed by atoms with E-state index in [2.05, 4.69) is 0 Å². The van der Waals surface area contributed by atoms with E-state index in [9.17, 15) is 14.0 Å². The number of fused-ring (bicyclic) bond motifs is 1. The van der Waals surface area contributed by atoms with Gasteiger partial charge in [-0.2, -0.15) is 0 Å². The highest BCUT2D eigenvalue weighted by Gasteiger charge is 2.36. The largest absolute Gasteiger partial charge is 0.494 e. The predicted molar refractivity (Wildman–Crippen MR) is 75.2 cm³/mol. The molecule has 0 saturated heterocycles. The zero-order chi connectivity index (χ0) is 15.0. The fourth-order valence-electron chi connectivity index (χ4n) is 2.31. The third-order valence-electron chi connectivity index (χ3n) is 3.25. The van der Waals surface area contributed by atoms with Gasteiger partial charge < -0.3 is 4.74 Å². The number of halogens is 1. The molecule has 106 valence electrons. The highest BCUT2D eigenvalue weighted by Crippen LogP contribution is 2.29. The van der Waals surface area contributed by atoms with Crippen LogP contribution in [-0.4, -0.2) is 18.4 Å². The second-order valence-corrected chi connectivity index (χ2v) is 4.56. The second kappa shape index (κ2) is 5.01. The van der Waals surface area contributed by atoms with Crippen molar-refractivity contribution in [2.45, 2.75) is 6.92 Å².